The van der Waals surface area contributed by atoms with Gasteiger partial charge in [0, 0.05) is 12.5 Å². The number of aliphatic hydroxyl groups excluding tert-OH is 1. The van der Waals surface area contributed by atoms with Gasteiger partial charge in [-0.15, -0.1) is 0 Å². The number of carbonyl (C=O) groups excluding carboxylic acids is 2. The van der Waals surface area contributed by atoms with E-state index in [9.17, 15) is 14.7 Å². The molecule has 0 aromatic carbocycles. The molecule has 1 N–H and O–H groups in total. The number of hydrogen-bond acceptors (Lipinski definition) is 5. The van der Waals surface area contributed by atoms with E-state index in [1.807, 2.05) is 0 Å². The SMILES string of the molecule is C=CC(=O)OCC(O)COC(=O)CCCCCC(C)(C)C. The van der Waals surface area contributed by atoms with E-state index in [-0.39, 0.29) is 19.2 Å². The summed E-state index contributed by atoms with van der Waals surface area (Å²) in [4.78, 5) is 22.2. The van der Waals surface area contributed by atoms with E-state index in [0.717, 1.165) is 31.8 Å². The molecule has 1 atom stereocenters. The zero-order valence-electron chi connectivity index (χ0n) is 13.4. The quantitative estimate of drug-likeness (QED) is 0.381. The van der Waals surface area contributed by atoms with Gasteiger partial charge in [-0.1, -0.05) is 40.2 Å². The van der Waals surface area contributed by atoms with Crippen molar-refractivity contribution >= 4 is 11.9 Å². The fourth-order valence-electron chi connectivity index (χ4n) is 1.65. The molecule has 0 aromatic heterocycles. The second-order valence-corrected chi connectivity index (χ2v) is 6.29. The molecule has 21 heavy (non-hydrogen) atoms. The van der Waals surface area contributed by atoms with Crippen molar-refractivity contribution in [1.29, 1.82) is 0 Å². The summed E-state index contributed by atoms with van der Waals surface area (Å²) in [6, 6.07) is 0. The fourth-order valence-corrected chi connectivity index (χ4v) is 1.65. The Morgan fingerprint density at radius 1 is 1.14 bits per heavy atom. The molecule has 0 aromatic rings. The van der Waals surface area contributed by atoms with E-state index in [1.54, 1.807) is 0 Å². The first kappa shape index (κ1) is 19.6. The molecule has 0 fully saturated rings. The predicted octanol–water partition coefficient (Wildman–Crippen LogP) is 2.62. The third kappa shape index (κ3) is 13.4. The minimum absolute atomic E-state index is 0.161. The highest BCUT2D eigenvalue weighted by Crippen LogP contribution is 2.22. The number of esters is 2. The van der Waals surface area contributed by atoms with Crippen LogP contribution in [0.15, 0.2) is 12.7 Å². The van der Waals surface area contributed by atoms with Crippen molar-refractivity contribution < 1.29 is 24.2 Å². The lowest BCUT2D eigenvalue weighted by Gasteiger charge is -2.17. The Balaban J connectivity index is 3.57. The van der Waals surface area contributed by atoms with Gasteiger partial charge in [0.2, 0.25) is 0 Å². The van der Waals surface area contributed by atoms with Gasteiger partial charge in [-0.25, -0.2) is 4.79 Å². The van der Waals surface area contributed by atoms with Gasteiger partial charge in [0.25, 0.3) is 0 Å². The minimum Gasteiger partial charge on any atom is -0.463 e. The molecule has 1 unspecified atom stereocenters. The van der Waals surface area contributed by atoms with Crippen molar-refractivity contribution in [2.24, 2.45) is 5.41 Å². The average Bonchev–Trinajstić information content (AvgIpc) is 2.40. The molecule has 0 saturated carbocycles. The van der Waals surface area contributed by atoms with Crippen molar-refractivity contribution in [3.05, 3.63) is 12.7 Å². The second-order valence-electron chi connectivity index (χ2n) is 6.29. The highest BCUT2D eigenvalue weighted by molar-refractivity contribution is 5.81. The van der Waals surface area contributed by atoms with Gasteiger partial charge in [-0.2, -0.15) is 0 Å². The maximum Gasteiger partial charge on any atom is 0.330 e. The van der Waals surface area contributed by atoms with Gasteiger partial charge >= 0.3 is 11.9 Å². The maximum absolute atomic E-state index is 11.4. The topological polar surface area (TPSA) is 72.8 Å². The van der Waals surface area contributed by atoms with Gasteiger partial charge in [0.05, 0.1) is 0 Å². The van der Waals surface area contributed by atoms with E-state index in [4.69, 9.17) is 4.74 Å². The number of ether oxygens (including phenoxy) is 2. The number of unbranched alkanes of at least 4 members (excludes halogenated alkanes) is 2. The molecule has 0 spiro atoms. The summed E-state index contributed by atoms with van der Waals surface area (Å²) in [5.41, 5.74) is 0.327. The molecular formula is C16H28O5. The van der Waals surface area contributed by atoms with Crippen molar-refractivity contribution in [2.45, 2.75) is 59.0 Å². The fraction of sp³-hybridized carbons (Fsp3) is 0.750. The minimum atomic E-state index is -1.00. The highest BCUT2D eigenvalue weighted by atomic mass is 16.6. The summed E-state index contributed by atoms with van der Waals surface area (Å²) in [5.74, 6) is -0.945. The molecular weight excluding hydrogens is 272 g/mol. The largest absolute Gasteiger partial charge is 0.463 e. The van der Waals surface area contributed by atoms with Crippen LogP contribution in [0.1, 0.15) is 52.9 Å². The smallest absolute Gasteiger partial charge is 0.330 e. The molecule has 0 bridgehead atoms. The zero-order valence-corrected chi connectivity index (χ0v) is 13.4. The molecule has 0 amide bonds. The van der Waals surface area contributed by atoms with E-state index in [0.29, 0.717) is 11.8 Å². The van der Waals surface area contributed by atoms with Crippen LogP contribution in [0.3, 0.4) is 0 Å². The third-order valence-electron chi connectivity index (χ3n) is 2.83. The van der Waals surface area contributed by atoms with Crippen molar-refractivity contribution in [1.82, 2.24) is 0 Å². The summed E-state index contributed by atoms with van der Waals surface area (Å²) in [6.45, 7) is 9.46. The molecule has 0 radical (unpaired) electrons. The summed E-state index contributed by atoms with van der Waals surface area (Å²) in [5, 5.41) is 9.45. The van der Waals surface area contributed by atoms with Crippen molar-refractivity contribution in [3.8, 4) is 0 Å². The lowest BCUT2D eigenvalue weighted by Crippen LogP contribution is -2.24. The second kappa shape index (κ2) is 10.4. The summed E-state index contributed by atoms with van der Waals surface area (Å²) in [7, 11) is 0. The van der Waals surface area contributed by atoms with E-state index in [2.05, 4.69) is 32.1 Å². The molecule has 0 aliphatic carbocycles. The Morgan fingerprint density at radius 3 is 2.33 bits per heavy atom. The van der Waals surface area contributed by atoms with Gasteiger partial charge in [0.15, 0.2) is 0 Å². The van der Waals surface area contributed by atoms with E-state index >= 15 is 0 Å². The van der Waals surface area contributed by atoms with Crippen LogP contribution in [0.25, 0.3) is 0 Å². The first-order chi connectivity index (χ1) is 9.74. The van der Waals surface area contributed by atoms with E-state index in [1.165, 1.54) is 0 Å². The Kier molecular flexibility index (Phi) is 9.71. The first-order valence-electron chi connectivity index (χ1n) is 7.37. The maximum atomic E-state index is 11.4. The summed E-state index contributed by atoms with van der Waals surface area (Å²) in [6.07, 6.45) is 4.37. The zero-order chi connectivity index (χ0) is 16.3. The summed E-state index contributed by atoms with van der Waals surface area (Å²) >= 11 is 0. The lowest BCUT2D eigenvalue weighted by atomic mass is 9.89. The highest BCUT2D eigenvalue weighted by Gasteiger charge is 2.12. The van der Waals surface area contributed by atoms with Gasteiger partial charge in [0.1, 0.15) is 19.3 Å². The Bertz CT molecular complexity index is 330. The number of carbonyl (C=O) groups is 2. The van der Waals surface area contributed by atoms with Gasteiger partial charge in [-0.3, -0.25) is 4.79 Å². The molecule has 0 aliphatic rings. The van der Waals surface area contributed by atoms with Crippen LogP contribution in [0.4, 0.5) is 0 Å². The van der Waals surface area contributed by atoms with Crippen LogP contribution in [0, 0.1) is 5.41 Å². The Morgan fingerprint density at radius 2 is 1.76 bits per heavy atom. The number of hydrogen-bond donors (Lipinski definition) is 1. The van der Waals surface area contributed by atoms with E-state index < -0.39 is 12.1 Å². The van der Waals surface area contributed by atoms with Crippen molar-refractivity contribution in [2.75, 3.05) is 13.2 Å². The molecule has 122 valence electrons. The van der Waals surface area contributed by atoms with Gasteiger partial charge in [-0.05, 0) is 18.3 Å². The lowest BCUT2D eigenvalue weighted by molar-refractivity contribution is -0.150. The standard InChI is InChI=1S/C16H28O5/c1-5-14(18)20-11-13(17)12-21-15(19)9-7-6-8-10-16(2,3)4/h5,13,17H,1,6-12H2,2-4H3. The van der Waals surface area contributed by atoms with Crippen LogP contribution in [0.2, 0.25) is 0 Å². The number of aliphatic hydroxyl groups is 1. The monoisotopic (exact) mass is 300 g/mol. The summed E-state index contributed by atoms with van der Waals surface area (Å²) < 4.78 is 9.54. The predicted molar refractivity (Wildman–Crippen MR) is 80.7 cm³/mol. The first-order valence-corrected chi connectivity index (χ1v) is 7.37. The average molecular weight is 300 g/mol. The number of rotatable bonds is 10. The van der Waals surface area contributed by atoms with Crippen LogP contribution >= 0.6 is 0 Å². The molecule has 0 aliphatic heterocycles. The third-order valence-corrected chi connectivity index (χ3v) is 2.83. The van der Waals surface area contributed by atoms with Gasteiger partial charge < -0.3 is 14.6 Å². The van der Waals surface area contributed by atoms with Crippen LogP contribution in [-0.2, 0) is 19.1 Å². The Labute approximate surface area is 127 Å². The van der Waals surface area contributed by atoms with Crippen molar-refractivity contribution in [3.63, 3.8) is 0 Å². The molecule has 5 heteroatoms. The molecule has 0 saturated heterocycles. The van der Waals surface area contributed by atoms with Crippen LogP contribution < -0.4 is 0 Å². The molecule has 5 nitrogen and oxygen atoms in total. The molecule has 0 heterocycles. The molecule has 0 rings (SSSR count). The normalized spacial score (nSPS) is 12.6. The Hall–Kier alpha value is -1.36. The van der Waals surface area contributed by atoms with Crippen LogP contribution in [0.5, 0.6) is 0 Å². The van der Waals surface area contributed by atoms with Crippen LogP contribution in [-0.4, -0.2) is 36.4 Å².